The van der Waals surface area contributed by atoms with Crippen molar-refractivity contribution < 1.29 is 14.5 Å². The van der Waals surface area contributed by atoms with Crippen molar-refractivity contribution in [2.24, 2.45) is 5.84 Å². The van der Waals surface area contributed by atoms with Gasteiger partial charge in [0.25, 0.3) is 17.5 Å². The lowest BCUT2D eigenvalue weighted by Crippen LogP contribution is -2.38. The highest BCUT2D eigenvalue weighted by Gasteiger charge is 2.16. The minimum atomic E-state index is -0.737. The number of carbonyl (C=O) groups is 2. The maximum absolute atomic E-state index is 12.3. The van der Waals surface area contributed by atoms with Crippen LogP contribution < -0.4 is 16.6 Å². The number of hydrazine groups is 1. The highest BCUT2D eigenvalue weighted by molar-refractivity contribution is 6.34. The van der Waals surface area contributed by atoms with Gasteiger partial charge in [0.1, 0.15) is 5.70 Å². The van der Waals surface area contributed by atoms with Crippen molar-refractivity contribution in [3.8, 4) is 0 Å². The molecular formula is C16H13ClN4O4. The average Bonchev–Trinajstić information content (AvgIpc) is 2.61. The summed E-state index contributed by atoms with van der Waals surface area (Å²) in [5.41, 5.74) is 2.34. The Kier molecular flexibility index (Phi) is 5.83. The fourth-order valence-electron chi connectivity index (χ4n) is 1.93. The molecule has 0 atom stereocenters. The van der Waals surface area contributed by atoms with Gasteiger partial charge in [0, 0.05) is 12.1 Å². The molecule has 8 nitrogen and oxygen atoms in total. The number of hydrogen-bond acceptors (Lipinski definition) is 5. The highest BCUT2D eigenvalue weighted by atomic mass is 35.5. The van der Waals surface area contributed by atoms with Crippen molar-refractivity contribution in [3.05, 3.63) is 80.5 Å². The Morgan fingerprint density at radius 1 is 1.12 bits per heavy atom. The highest BCUT2D eigenvalue weighted by Crippen LogP contribution is 2.16. The first kappa shape index (κ1) is 18.1. The molecule has 128 valence electrons. The predicted molar refractivity (Wildman–Crippen MR) is 92.3 cm³/mol. The maximum Gasteiger partial charge on any atom is 0.281 e. The molecule has 0 fully saturated rings. The second kappa shape index (κ2) is 8.04. The fraction of sp³-hybridized carbons (Fsp3) is 0. The summed E-state index contributed by atoms with van der Waals surface area (Å²) in [7, 11) is 0. The van der Waals surface area contributed by atoms with Crippen LogP contribution in [-0.2, 0) is 4.79 Å². The van der Waals surface area contributed by atoms with E-state index >= 15 is 0 Å². The Hall–Kier alpha value is -3.23. The molecule has 0 unspecified atom stereocenters. The van der Waals surface area contributed by atoms with Crippen LogP contribution >= 0.6 is 11.6 Å². The zero-order valence-electron chi connectivity index (χ0n) is 12.7. The molecule has 0 bridgehead atoms. The first-order valence-corrected chi connectivity index (χ1v) is 7.33. The van der Waals surface area contributed by atoms with Crippen LogP contribution in [0.15, 0.2) is 54.2 Å². The van der Waals surface area contributed by atoms with E-state index in [0.29, 0.717) is 5.56 Å². The summed E-state index contributed by atoms with van der Waals surface area (Å²) < 4.78 is 0. The molecule has 0 aliphatic carbocycles. The molecule has 0 heterocycles. The SMILES string of the molecule is NNC(=O)/C(=C/c1ccc([N+](=O)[O-])cc1)NC(=O)c1ccccc1Cl. The topological polar surface area (TPSA) is 127 Å². The Morgan fingerprint density at radius 2 is 1.76 bits per heavy atom. The van der Waals surface area contributed by atoms with Crippen molar-refractivity contribution in [1.82, 2.24) is 10.7 Å². The van der Waals surface area contributed by atoms with Crippen LogP contribution in [0.5, 0.6) is 0 Å². The second-order valence-corrected chi connectivity index (χ2v) is 5.22. The smallest absolute Gasteiger partial charge is 0.281 e. The van der Waals surface area contributed by atoms with Gasteiger partial charge in [0.15, 0.2) is 0 Å². The molecule has 0 spiro atoms. The minimum absolute atomic E-state index is 0.0953. The standard InChI is InChI=1S/C16H13ClN4O4/c17-13-4-2-1-3-12(13)15(22)19-14(16(23)20-18)9-10-5-7-11(8-6-10)21(24)25/h1-9H,18H2,(H,19,22)(H,20,23)/b14-9-. The van der Waals surface area contributed by atoms with Crippen molar-refractivity contribution in [2.45, 2.75) is 0 Å². The summed E-state index contributed by atoms with van der Waals surface area (Å²) in [5, 5.41) is 13.3. The van der Waals surface area contributed by atoms with E-state index in [4.69, 9.17) is 17.4 Å². The summed E-state index contributed by atoms with van der Waals surface area (Å²) in [6.45, 7) is 0. The van der Waals surface area contributed by atoms with Crippen molar-refractivity contribution in [2.75, 3.05) is 0 Å². The number of carbonyl (C=O) groups excluding carboxylic acids is 2. The van der Waals surface area contributed by atoms with E-state index in [-0.39, 0.29) is 22.0 Å². The quantitative estimate of drug-likeness (QED) is 0.247. The van der Waals surface area contributed by atoms with Crippen LogP contribution in [0.4, 0.5) is 5.69 Å². The molecule has 2 aromatic carbocycles. The Morgan fingerprint density at radius 3 is 2.32 bits per heavy atom. The van der Waals surface area contributed by atoms with E-state index in [1.807, 2.05) is 5.43 Å². The first-order chi connectivity index (χ1) is 11.9. The molecule has 4 N–H and O–H groups in total. The summed E-state index contributed by atoms with van der Waals surface area (Å²) in [5.74, 6) is 3.80. The number of nitrogens with two attached hydrogens (primary N) is 1. The van der Waals surface area contributed by atoms with Crippen LogP contribution in [0, 0.1) is 10.1 Å². The number of halogens is 1. The summed E-state index contributed by atoms with van der Waals surface area (Å²) in [6, 6.07) is 11.8. The molecule has 0 aliphatic heterocycles. The lowest BCUT2D eigenvalue weighted by Gasteiger charge is -2.10. The zero-order chi connectivity index (χ0) is 18.4. The number of nitro groups is 1. The number of non-ortho nitro benzene ring substituents is 1. The average molecular weight is 361 g/mol. The molecular weight excluding hydrogens is 348 g/mol. The van der Waals surface area contributed by atoms with Gasteiger partial charge in [0.05, 0.1) is 15.5 Å². The van der Waals surface area contributed by atoms with Crippen LogP contribution in [0.25, 0.3) is 6.08 Å². The third kappa shape index (κ3) is 4.63. The Balaban J connectivity index is 2.30. The molecule has 2 aromatic rings. The van der Waals surface area contributed by atoms with Crippen LogP contribution in [-0.4, -0.2) is 16.7 Å². The van der Waals surface area contributed by atoms with E-state index in [9.17, 15) is 19.7 Å². The van der Waals surface area contributed by atoms with Gasteiger partial charge in [-0.15, -0.1) is 0 Å². The van der Waals surface area contributed by atoms with Crippen molar-refractivity contribution in [3.63, 3.8) is 0 Å². The number of rotatable bonds is 5. The number of nitrogens with zero attached hydrogens (tertiary/aromatic N) is 1. The lowest BCUT2D eigenvalue weighted by molar-refractivity contribution is -0.384. The fourth-order valence-corrected chi connectivity index (χ4v) is 2.15. The van der Waals surface area contributed by atoms with Gasteiger partial charge in [-0.2, -0.15) is 0 Å². The summed E-state index contributed by atoms with van der Waals surface area (Å²) in [6.07, 6.45) is 1.33. The largest absolute Gasteiger partial charge is 0.317 e. The third-order valence-electron chi connectivity index (χ3n) is 3.16. The van der Waals surface area contributed by atoms with Gasteiger partial charge in [-0.3, -0.25) is 25.1 Å². The molecule has 0 aromatic heterocycles. The molecule has 0 aliphatic rings. The van der Waals surface area contributed by atoms with Gasteiger partial charge in [0.2, 0.25) is 0 Å². The number of amides is 2. The molecule has 2 amide bonds. The normalized spacial score (nSPS) is 10.9. The van der Waals surface area contributed by atoms with E-state index in [1.165, 1.54) is 36.4 Å². The number of nitrogens with one attached hydrogen (secondary N) is 2. The van der Waals surface area contributed by atoms with Gasteiger partial charge in [-0.1, -0.05) is 23.7 Å². The number of nitro benzene ring substituents is 1. The first-order valence-electron chi connectivity index (χ1n) is 6.95. The molecule has 0 saturated heterocycles. The number of hydrogen-bond donors (Lipinski definition) is 3. The van der Waals surface area contributed by atoms with Crippen LogP contribution in [0.2, 0.25) is 5.02 Å². The zero-order valence-corrected chi connectivity index (χ0v) is 13.5. The molecule has 25 heavy (non-hydrogen) atoms. The van der Waals surface area contributed by atoms with Crippen molar-refractivity contribution >= 4 is 35.2 Å². The van der Waals surface area contributed by atoms with E-state index in [1.54, 1.807) is 18.2 Å². The van der Waals surface area contributed by atoms with Gasteiger partial charge >= 0.3 is 0 Å². The van der Waals surface area contributed by atoms with Gasteiger partial charge < -0.3 is 5.32 Å². The summed E-state index contributed by atoms with van der Waals surface area (Å²) in [4.78, 5) is 34.3. The lowest BCUT2D eigenvalue weighted by atomic mass is 10.1. The Labute approximate surface area is 147 Å². The van der Waals surface area contributed by atoms with Gasteiger partial charge in [-0.05, 0) is 35.9 Å². The van der Waals surface area contributed by atoms with E-state index < -0.39 is 16.7 Å². The van der Waals surface area contributed by atoms with Crippen molar-refractivity contribution in [1.29, 1.82) is 0 Å². The molecule has 0 radical (unpaired) electrons. The number of benzene rings is 2. The minimum Gasteiger partial charge on any atom is -0.317 e. The Bertz CT molecular complexity index is 849. The molecule has 9 heteroatoms. The third-order valence-corrected chi connectivity index (χ3v) is 3.49. The predicted octanol–water partition coefficient (Wildman–Crippen LogP) is 2.01. The monoisotopic (exact) mass is 360 g/mol. The van der Waals surface area contributed by atoms with Crippen LogP contribution in [0.3, 0.4) is 0 Å². The second-order valence-electron chi connectivity index (χ2n) is 4.81. The molecule has 2 rings (SSSR count). The van der Waals surface area contributed by atoms with E-state index in [0.717, 1.165) is 0 Å². The molecule has 0 saturated carbocycles. The van der Waals surface area contributed by atoms with E-state index in [2.05, 4.69) is 5.32 Å². The van der Waals surface area contributed by atoms with Crippen LogP contribution in [0.1, 0.15) is 15.9 Å². The summed E-state index contributed by atoms with van der Waals surface area (Å²) >= 11 is 5.95. The maximum atomic E-state index is 12.3. The van der Waals surface area contributed by atoms with Gasteiger partial charge in [-0.25, -0.2) is 5.84 Å².